The molecule has 0 aromatic carbocycles. The molecule has 1 amide bonds. The minimum absolute atomic E-state index is 0.0761. The average molecular weight is 279 g/mol. The molecule has 112 valence electrons. The van der Waals surface area contributed by atoms with E-state index in [-0.39, 0.29) is 17.4 Å². The maximum atomic E-state index is 12.6. The maximum absolute atomic E-state index is 12.6. The molecule has 1 unspecified atom stereocenters. The molecule has 1 fully saturated rings. The number of nitrogens with one attached hydrogen (secondary N) is 1. The first-order valence-electron chi connectivity index (χ1n) is 7.44. The van der Waals surface area contributed by atoms with E-state index in [1.54, 1.807) is 0 Å². The lowest BCUT2D eigenvalue weighted by Crippen LogP contribution is -2.47. The van der Waals surface area contributed by atoms with Crippen LogP contribution < -0.4 is 11.1 Å². The highest BCUT2D eigenvalue weighted by Crippen LogP contribution is 2.36. The van der Waals surface area contributed by atoms with Gasteiger partial charge < -0.3 is 15.6 Å². The van der Waals surface area contributed by atoms with Crippen LogP contribution in [0, 0.1) is 19.3 Å². The molecule has 5 heteroatoms. The summed E-state index contributed by atoms with van der Waals surface area (Å²) in [4.78, 5) is 12.6. The van der Waals surface area contributed by atoms with Crippen LogP contribution in [0.2, 0.25) is 0 Å². The number of carbonyl (C=O) groups is 1. The highest BCUT2D eigenvalue weighted by atomic mass is 16.5. The second kappa shape index (κ2) is 5.95. The van der Waals surface area contributed by atoms with Crippen molar-refractivity contribution in [3.63, 3.8) is 0 Å². The van der Waals surface area contributed by atoms with Gasteiger partial charge in [0.05, 0.1) is 17.2 Å². The van der Waals surface area contributed by atoms with Crippen molar-refractivity contribution in [3.05, 3.63) is 17.0 Å². The van der Waals surface area contributed by atoms with Gasteiger partial charge in [-0.2, -0.15) is 0 Å². The first-order chi connectivity index (χ1) is 9.50. The van der Waals surface area contributed by atoms with E-state index in [1.807, 2.05) is 20.8 Å². The quantitative estimate of drug-likeness (QED) is 0.886. The fourth-order valence-electron chi connectivity index (χ4n) is 3.28. The third kappa shape index (κ3) is 2.73. The Hall–Kier alpha value is -1.36. The number of rotatable bonds is 4. The zero-order chi connectivity index (χ0) is 14.8. The SMILES string of the molecule is Cc1noc(C)c1C(C)NC(=O)C1(CN)CCCCC1. The average Bonchev–Trinajstić information content (AvgIpc) is 2.78. The van der Waals surface area contributed by atoms with Gasteiger partial charge in [0.15, 0.2) is 0 Å². The number of aromatic nitrogens is 1. The van der Waals surface area contributed by atoms with Crippen LogP contribution in [0.5, 0.6) is 0 Å². The summed E-state index contributed by atoms with van der Waals surface area (Å²) in [5.41, 5.74) is 7.33. The maximum Gasteiger partial charge on any atom is 0.227 e. The molecule has 0 bridgehead atoms. The summed E-state index contributed by atoms with van der Waals surface area (Å²) in [6.45, 7) is 6.16. The van der Waals surface area contributed by atoms with Crippen LogP contribution in [-0.2, 0) is 4.79 Å². The van der Waals surface area contributed by atoms with Crippen LogP contribution in [0.15, 0.2) is 4.52 Å². The van der Waals surface area contributed by atoms with Crippen molar-refractivity contribution in [2.75, 3.05) is 6.54 Å². The number of nitrogens with two attached hydrogens (primary N) is 1. The number of amides is 1. The molecule has 0 spiro atoms. The number of carbonyl (C=O) groups excluding carboxylic acids is 1. The van der Waals surface area contributed by atoms with Crippen molar-refractivity contribution in [1.29, 1.82) is 0 Å². The van der Waals surface area contributed by atoms with E-state index in [1.165, 1.54) is 6.42 Å². The molecular formula is C15H25N3O2. The highest BCUT2D eigenvalue weighted by Gasteiger charge is 2.39. The summed E-state index contributed by atoms with van der Waals surface area (Å²) in [7, 11) is 0. The zero-order valence-electron chi connectivity index (χ0n) is 12.7. The molecule has 0 radical (unpaired) electrons. The molecule has 1 aromatic heterocycles. The predicted molar refractivity (Wildman–Crippen MR) is 77.1 cm³/mol. The third-order valence-electron chi connectivity index (χ3n) is 4.55. The van der Waals surface area contributed by atoms with Gasteiger partial charge in [-0.25, -0.2) is 0 Å². The zero-order valence-corrected chi connectivity index (χ0v) is 12.7. The van der Waals surface area contributed by atoms with Crippen LogP contribution in [0.3, 0.4) is 0 Å². The molecule has 1 aromatic rings. The molecule has 20 heavy (non-hydrogen) atoms. The third-order valence-corrected chi connectivity index (χ3v) is 4.55. The topological polar surface area (TPSA) is 81.2 Å². The Morgan fingerprint density at radius 2 is 2.05 bits per heavy atom. The van der Waals surface area contributed by atoms with Crippen LogP contribution in [0.4, 0.5) is 0 Å². The van der Waals surface area contributed by atoms with Crippen LogP contribution in [0.1, 0.15) is 62.1 Å². The normalized spacial score (nSPS) is 19.6. The lowest BCUT2D eigenvalue weighted by Gasteiger charge is -2.35. The summed E-state index contributed by atoms with van der Waals surface area (Å²) in [6, 6.07) is -0.0981. The van der Waals surface area contributed by atoms with Crippen molar-refractivity contribution in [3.8, 4) is 0 Å². The molecule has 3 N–H and O–H groups in total. The smallest absolute Gasteiger partial charge is 0.227 e. The van der Waals surface area contributed by atoms with Crippen molar-refractivity contribution in [1.82, 2.24) is 10.5 Å². The van der Waals surface area contributed by atoms with Gasteiger partial charge in [0.1, 0.15) is 5.76 Å². The fourth-order valence-corrected chi connectivity index (χ4v) is 3.28. The second-order valence-electron chi connectivity index (χ2n) is 5.98. The molecule has 0 saturated heterocycles. The molecular weight excluding hydrogens is 254 g/mol. The summed E-state index contributed by atoms with van der Waals surface area (Å²) in [6.07, 6.45) is 5.16. The number of hydrogen-bond donors (Lipinski definition) is 2. The summed E-state index contributed by atoms with van der Waals surface area (Å²) >= 11 is 0. The van der Waals surface area contributed by atoms with Crippen molar-refractivity contribution in [2.45, 2.75) is 58.9 Å². The second-order valence-corrected chi connectivity index (χ2v) is 5.98. The van der Waals surface area contributed by atoms with Gasteiger partial charge in [0.2, 0.25) is 5.91 Å². The molecule has 1 aliphatic carbocycles. The molecule has 1 aliphatic rings. The monoisotopic (exact) mass is 279 g/mol. The minimum Gasteiger partial charge on any atom is -0.361 e. The fraction of sp³-hybridized carbons (Fsp3) is 0.733. The van der Waals surface area contributed by atoms with Crippen LogP contribution in [-0.4, -0.2) is 17.6 Å². The van der Waals surface area contributed by atoms with Gasteiger partial charge in [0.25, 0.3) is 0 Å². The Morgan fingerprint density at radius 1 is 1.40 bits per heavy atom. The van der Waals surface area contributed by atoms with Crippen molar-refractivity contribution in [2.24, 2.45) is 11.1 Å². The Balaban J connectivity index is 2.10. The molecule has 1 heterocycles. The van der Waals surface area contributed by atoms with E-state index < -0.39 is 0 Å². The molecule has 1 atom stereocenters. The lowest BCUT2D eigenvalue weighted by molar-refractivity contribution is -0.133. The van der Waals surface area contributed by atoms with Gasteiger partial charge in [-0.15, -0.1) is 0 Å². The van der Waals surface area contributed by atoms with E-state index in [0.29, 0.717) is 6.54 Å². The van der Waals surface area contributed by atoms with Crippen molar-refractivity contribution < 1.29 is 9.32 Å². The molecule has 5 nitrogen and oxygen atoms in total. The van der Waals surface area contributed by atoms with E-state index in [9.17, 15) is 4.79 Å². The van der Waals surface area contributed by atoms with Gasteiger partial charge in [-0.3, -0.25) is 4.79 Å². The van der Waals surface area contributed by atoms with E-state index >= 15 is 0 Å². The molecule has 1 saturated carbocycles. The lowest BCUT2D eigenvalue weighted by atomic mass is 9.73. The van der Waals surface area contributed by atoms with Gasteiger partial charge in [-0.1, -0.05) is 24.4 Å². The Labute approximate surface area is 120 Å². The minimum atomic E-state index is -0.383. The number of aryl methyl sites for hydroxylation is 2. The highest BCUT2D eigenvalue weighted by molar-refractivity contribution is 5.83. The standard InChI is InChI=1S/C15H25N3O2/c1-10(13-11(2)18-20-12(13)3)17-14(19)15(9-16)7-5-4-6-8-15/h10H,4-9,16H2,1-3H3,(H,17,19). The van der Waals surface area contributed by atoms with E-state index in [4.69, 9.17) is 10.3 Å². The van der Waals surface area contributed by atoms with Gasteiger partial charge in [-0.05, 0) is 33.6 Å². The largest absolute Gasteiger partial charge is 0.361 e. The first kappa shape index (κ1) is 15.0. The number of hydrogen-bond acceptors (Lipinski definition) is 4. The van der Waals surface area contributed by atoms with E-state index in [2.05, 4.69) is 10.5 Å². The first-order valence-corrected chi connectivity index (χ1v) is 7.44. The molecule has 0 aliphatic heterocycles. The van der Waals surface area contributed by atoms with Crippen LogP contribution >= 0.6 is 0 Å². The molecule has 2 rings (SSSR count). The van der Waals surface area contributed by atoms with Gasteiger partial charge in [0, 0.05) is 12.1 Å². The van der Waals surface area contributed by atoms with Crippen LogP contribution in [0.25, 0.3) is 0 Å². The van der Waals surface area contributed by atoms with E-state index in [0.717, 1.165) is 42.7 Å². The van der Waals surface area contributed by atoms with Crippen molar-refractivity contribution >= 4 is 5.91 Å². The summed E-state index contributed by atoms with van der Waals surface area (Å²) in [5, 5.41) is 7.05. The Kier molecular flexibility index (Phi) is 4.48. The summed E-state index contributed by atoms with van der Waals surface area (Å²) in [5.74, 6) is 0.841. The Morgan fingerprint density at radius 3 is 2.55 bits per heavy atom. The Bertz CT molecular complexity index is 456. The summed E-state index contributed by atoms with van der Waals surface area (Å²) < 4.78 is 5.17. The van der Waals surface area contributed by atoms with Gasteiger partial charge >= 0.3 is 0 Å². The predicted octanol–water partition coefficient (Wildman–Crippen LogP) is 2.38. The number of nitrogens with zero attached hydrogens (tertiary/aromatic N) is 1.